The number of aryl methyl sites for hydroxylation is 1. The second kappa shape index (κ2) is 7.28. The molecule has 1 aromatic carbocycles. The first-order valence-electron chi connectivity index (χ1n) is 8.34. The van der Waals surface area contributed by atoms with Crippen LogP contribution in [0.5, 0.6) is 5.75 Å². The summed E-state index contributed by atoms with van der Waals surface area (Å²) >= 11 is 0. The molecule has 3 nitrogen and oxygen atoms in total. The lowest BCUT2D eigenvalue weighted by Gasteiger charge is -2.47. The van der Waals surface area contributed by atoms with Gasteiger partial charge in [0, 0.05) is 6.54 Å². The number of fused-ring (bicyclic) bond motifs is 1. The number of ether oxygens (including phenoxy) is 1. The van der Waals surface area contributed by atoms with Gasteiger partial charge in [0.1, 0.15) is 5.75 Å². The highest BCUT2D eigenvalue weighted by Crippen LogP contribution is 2.41. The van der Waals surface area contributed by atoms with Crippen LogP contribution < -0.4 is 10.5 Å². The van der Waals surface area contributed by atoms with Gasteiger partial charge in [-0.3, -0.25) is 4.90 Å². The summed E-state index contributed by atoms with van der Waals surface area (Å²) in [7, 11) is 1.74. The molecule has 2 N–H and O–H groups in total. The van der Waals surface area contributed by atoms with E-state index in [-0.39, 0.29) is 5.54 Å². The standard InChI is InChI=1S/C18H30N2O/c1-4-11-20(12-5-2)18(14-19)10-6-7-15-8-9-16(21-3)13-17(15)18/h8-9,13H,4-7,10-12,14,19H2,1-3H3. The topological polar surface area (TPSA) is 38.5 Å². The molecule has 0 aliphatic heterocycles. The maximum absolute atomic E-state index is 6.32. The molecule has 1 unspecified atom stereocenters. The smallest absolute Gasteiger partial charge is 0.119 e. The number of hydrogen-bond donors (Lipinski definition) is 1. The number of rotatable bonds is 7. The summed E-state index contributed by atoms with van der Waals surface area (Å²) in [6.45, 7) is 7.42. The summed E-state index contributed by atoms with van der Waals surface area (Å²) in [5.41, 5.74) is 9.17. The van der Waals surface area contributed by atoms with Gasteiger partial charge in [-0.05, 0) is 68.5 Å². The average molecular weight is 290 g/mol. The van der Waals surface area contributed by atoms with E-state index in [4.69, 9.17) is 10.5 Å². The van der Waals surface area contributed by atoms with E-state index >= 15 is 0 Å². The molecule has 0 spiro atoms. The van der Waals surface area contributed by atoms with E-state index in [2.05, 4.69) is 36.9 Å². The third-order valence-corrected chi connectivity index (χ3v) is 4.78. The molecule has 0 radical (unpaired) electrons. The second-order valence-electron chi connectivity index (χ2n) is 6.10. The minimum absolute atomic E-state index is 0.00581. The minimum Gasteiger partial charge on any atom is -0.497 e. The number of benzene rings is 1. The maximum Gasteiger partial charge on any atom is 0.119 e. The molecular weight excluding hydrogens is 260 g/mol. The average Bonchev–Trinajstić information content (AvgIpc) is 2.53. The van der Waals surface area contributed by atoms with Crippen molar-refractivity contribution in [3.05, 3.63) is 29.3 Å². The van der Waals surface area contributed by atoms with Crippen LogP contribution >= 0.6 is 0 Å². The molecule has 0 saturated carbocycles. The third kappa shape index (κ3) is 3.09. The highest BCUT2D eigenvalue weighted by Gasteiger charge is 2.40. The Hall–Kier alpha value is -1.06. The molecule has 0 fully saturated rings. The Bertz CT molecular complexity index is 455. The molecule has 21 heavy (non-hydrogen) atoms. The lowest BCUT2D eigenvalue weighted by molar-refractivity contribution is 0.0734. The molecule has 0 amide bonds. The third-order valence-electron chi connectivity index (χ3n) is 4.78. The SMILES string of the molecule is CCCN(CCC)C1(CN)CCCc2ccc(OC)cc21. The van der Waals surface area contributed by atoms with Crippen LogP contribution in [0.4, 0.5) is 0 Å². The molecule has 1 aliphatic carbocycles. The summed E-state index contributed by atoms with van der Waals surface area (Å²) in [6.07, 6.45) is 5.87. The van der Waals surface area contributed by atoms with Crippen molar-refractivity contribution >= 4 is 0 Å². The van der Waals surface area contributed by atoms with Crippen molar-refractivity contribution in [2.45, 2.75) is 51.5 Å². The van der Waals surface area contributed by atoms with E-state index in [0.29, 0.717) is 6.54 Å². The zero-order valence-corrected chi connectivity index (χ0v) is 13.8. The van der Waals surface area contributed by atoms with Gasteiger partial charge in [0.25, 0.3) is 0 Å². The van der Waals surface area contributed by atoms with Crippen LogP contribution in [0, 0.1) is 0 Å². The van der Waals surface area contributed by atoms with Gasteiger partial charge in [-0.2, -0.15) is 0 Å². The van der Waals surface area contributed by atoms with Crippen LogP contribution in [0.2, 0.25) is 0 Å². The van der Waals surface area contributed by atoms with Crippen molar-refractivity contribution in [3.8, 4) is 5.75 Å². The molecule has 0 heterocycles. The van der Waals surface area contributed by atoms with Gasteiger partial charge in [-0.25, -0.2) is 0 Å². The summed E-state index contributed by atoms with van der Waals surface area (Å²) < 4.78 is 5.46. The number of nitrogens with zero attached hydrogens (tertiary/aromatic N) is 1. The zero-order chi connectivity index (χ0) is 15.3. The van der Waals surface area contributed by atoms with Gasteiger partial charge in [-0.1, -0.05) is 19.9 Å². The predicted octanol–water partition coefficient (Wildman–Crippen LogP) is 3.31. The van der Waals surface area contributed by atoms with E-state index in [1.807, 2.05) is 0 Å². The molecule has 2 rings (SSSR count). The molecule has 3 heteroatoms. The van der Waals surface area contributed by atoms with Gasteiger partial charge in [-0.15, -0.1) is 0 Å². The van der Waals surface area contributed by atoms with Crippen molar-refractivity contribution in [1.29, 1.82) is 0 Å². The fraction of sp³-hybridized carbons (Fsp3) is 0.667. The summed E-state index contributed by atoms with van der Waals surface area (Å²) in [5.74, 6) is 0.946. The first-order valence-corrected chi connectivity index (χ1v) is 8.34. The summed E-state index contributed by atoms with van der Waals surface area (Å²) in [4.78, 5) is 2.62. The van der Waals surface area contributed by atoms with Crippen LogP contribution in [0.3, 0.4) is 0 Å². The first-order chi connectivity index (χ1) is 10.2. The Morgan fingerprint density at radius 1 is 1.24 bits per heavy atom. The van der Waals surface area contributed by atoms with Crippen LogP contribution in [0.1, 0.15) is 50.7 Å². The van der Waals surface area contributed by atoms with Gasteiger partial charge in [0.15, 0.2) is 0 Å². The minimum atomic E-state index is -0.00581. The number of nitrogens with two attached hydrogens (primary N) is 1. The van der Waals surface area contributed by atoms with Crippen molar-refractivity contribution in [2.75, 3.05) is 26.7 Å². The van der Waals surface area contributed by atoms with Crippen LogP contribution in [0.25, 0.3) is 0 Å². The van der Waals surface area contributed by atoms with Crippen molar-refractivity contribution in [1.82, 2.24) is 4.90 Å². The molecule has 0 bridgehead atoms. The molecular formula is C18H30N2O. The van der Waals surface area contributed by atoms with E-state index in [1.54, 1.807) is 7.11 Å². The lowest BCUT2D eigenvalue weighted by atomic mass is 9.75. The van der Waals surface area contributed by atoms with Gasteiger partial charge in [0.2, 0.25) is 0 Å². The van der Waals surface area contributed by atoms with Crippen LogP contribution in [-0.4, -0.2) is 31.6 Å². The first kappa shape index (κ1) is 16.3. The van der Waals surface area contributed by atoms with Gasteiger partial charge in [0.05, 0.1) is 12.6 Å². The van der Waals surface area contributed by atoms with Crippen LogP contribution in [0.15, 0.2) is 18.2 Å². The van der Waals surface area contributed by atoms with E-state index < -0.39 is 0 Å². The van der Waals surface area contributed by atoms with E-state index in [1.165, 1.54) is 30.4 Å². The fourth-order valence-corrected chi connectivity index (χ4v) is 3.79. The van der Waals surface area contributed by atoms with Crippen LogP contribution in [-0.2, 0) is 12.0 Å². The second-order valence-corrected chi connectivity index (χ2v) is 6.10. The Morgan fingerprint density at radius 2 is 1.95 bits per heavy atom. The molecule has 0 saturated heterocycles. The molecule has 1 aliphatic rings. The number of methoxy groups -OCH3 is 1. The molecule has 118 valence electrons. The number of hydrogen-bond acceptors (Lipinski definition) is 3. The normalized spacial score (nSPS) is 21.4. The quantitative estimate of drug-likeness (QED) is 0.837. The van der Waals surface area contributed by atoms with Gasteiger partial charge < -0.3 is 10.5 Å². The summed E-state index contributed by atoms with van der Waals surface area (Å²) in [5, 5.41) is 0. The largest absolute Gasteiger partial charge is 0.497 e. The van der Waals surface area contributed by atoms with Crippen molar-refractivity contribution < 1.29 is 4.74 Å². The lowest BCUT2D eigenvalue weighted by Crippen LogP contribution is -2.53. The zero-order valence-electron chi connectivity index (χ0n) is 13.8. The Kier molecular flexibility index (Phi) is 5.65. The van der Waals surface area contributed by atoms with Crippen molar-refractivity contribution in [3.63, 3.8) is 0 Å². The Labute approximate surface area is 129 Å². The van der Waals surface area contributed by atoms with Gasteiger partial charge >= 0.3 is 0 Å². The highest BCUT2D eigenvalue weighted by atomic mass is 16.5. The van der Waals surface area contributed by atoms with E-state index in [0.717, 1.165) is 31.7 Å². The van der Waals surface area contributed by atoms with Crippen molar-refractivity contribution in [2.24, 2.45) is 5.73 Å². The molecule has 1 aromatic rings. The Morgan fingerprint density at radius 3 is 2.52 bits per heavy atom. The Balaban J connectivity index is 2.48. The summed E-state index contributed by atoms with van der Waals surface area (Å²) in [6, 6.07) is 6.53. The monoisotopic (exact) mass is 290 g/mol. The van der Waals surface area contributed by atoms with E-state index in [9.17, 15) is 0 Å². The fourth-order valence-electron chi connectivity index (χ4n) is 3.79. The highest BCUT2D eigenvalue weighted by molar-refractivity contribution is 5.42. The maximum atomic E-state index is 6.32. The molecule has 0 aromatic heterocycles. The molecule has 1 atom stereocenters. The predicted molar refractivity (Wildman–Crippen MR) is 88.8 cm³/mol.